The van der Waals surface area contributed by atoms with Crippen molar-refractivity contribution in [1.82, 2.24) is 10.0 Å². The highest BCUT2D eigenvalue weighted by molar-refractivity contribution is 7.91. The second-order valence-corrected chi connectivity index (χ2v) is 9.36. The molecule has 0 atom stereocenters. The van der Waals surface area contributed by atoms with Crippen LogP contribution in [0.5, 0.6) is 0 Å². The smallest absolute Gasteiger partial charge is 0.250 e. The lowest BCUT2D eigenvalue weighted by atomic mass is 9.96. The molecule has 0 spiro atoms. The van der Waals surface area contributed by atoms with Gasteiger partial charge in [0.25, 0.3) is 0 Å². The summed E-state index contributed by atoms with van der Waals surface area (Å²) in [6, 6.07) is 2.59. The summed E-state index contributed by atoms with van der Waals surface area (Å²) in [5.74, 6) is 0. The molecule has 0 bridgehead atoms. The van der Waals surface area contributed by atoms with E-state index in [-0.39, 0.29) is 6.04 Å². The molecule has 0 radical (unpaired) electrons. The summed E-state index contributed by atoms with van der Waals surface area (Å²) >= 11 is 1.41. The molecule has 1 aromatic rings. The number of hydrogen-bond acceptors (Lipinski definition) is 4. The first kappa shape index (κ1) is 15.5. The number of hydrogen-bond donors (Lipinski definition) is 2. The SMILES string of the molecule is Cc1cc(S(=O)(=O)NC2CCCCC2)sc1CNC1CC1. The van der Waals surface area contributed by atoms with Crippen molar-refractivity contribution in [2.45, 2.75) is 74.7 Å². The molecule has 2 aliphatic rings. The van der Waals surface area contributed by atoms with Gasteiger partial charge < -0.3 is 5.32 Å². The van der Waals surface area contributed by atoms with Gasteiger partial charge >= 0.3 is 0 Å². The predicted molar refractivity (Wildman–Crippen MR) is 86.1 cm³/mol. The van der Waals surface area contributed by atoms with Gasteiger partial charge in [0.15, 0.2) is 0 Å². The fraction of sp³-hybridized carbons (Fsp3) is 0.733. The minimum absolute atomic E-state index is 0.124. The third-order valence-corrected chi connectivity index (χ3v) is 7.55. The Labute approximate surface area is 131 Å². The van der Waals surface area contributed by atoms with Crippen molar-refractivity contribution < 1.29 is 8.42 Å². The van der Waals surface area contributed by atoms with Gasteiger partial charge in [-0.1, -0.05) is 19.3 Å². The molecule has 4 nitrogen and oxygen atoms in total. The maximum Gasteiger partial charge on any atom is 0.250 e. The second-order valence-electron chi connectivity index (χ2n) is 6.28. The molecular weight excluding hydrogens is 304 g/mol. The molecule has 0 aromatic carbocycles. The van der Waals surface area contributed by atoms with Crippen LogP contribution < -0.4 is 10.0 Å². The quantitative estimate of drug-likeness (QED) is 0.844. The standard InChI is InChI=1S/C15H24N2O2S2/c1-11-9-15(20-14(11)10-16-12-7-8-12)21(18,19)17-13-5-3-2-4-6-13/h9,12-13,16-17H,2-8,10H2,1H3. The molecular formula is C15H24N2O2S2. The summed E-state index contributed by atoms with van der Waals surface area (Å²) in [4.78, 5) is 1.14. The largest absolute Gasteiger partial charge is 0.309 e. The molecule has 2 saturated carbocycles. The zero-order valence-electron chi connectivity index (χ0n) is 12.5. The van der Waals surface area contributed by atoms with Gasteiger partial charge in [-0.05, 0) is 44.2 Å². The summed E-state index contributed by atoms with van der Waals surface area (Å²) in [6.45, 7) is 2.79. The molecule has 2 aliphatic carbocycles. The molecule has 0 unspecified atom stereocenters. The summed E-state index contributed by atoms with van der Waals surface area (Å²) in [6.07, 6.45) is 7.94. The maximum absolute atomic E-state index is 12.5. The molecule has 0 amide bonds. The first-order valence-electron chi connectivity index (χ1n) is 7.89. The third kappa shape index (κ3) is 4.06. The fourth-order valence-electron chi connectivity index (χ4n) is 2.82. The monoisotopic (exact) mass is 328 g/mol. The van der Waals surface area contributed by atoms with Crippen LogP contribution in [0.1, 0.15) is 55.4 Å². The minimum atomic E-state index is -3.34. The first-order chi connectivity index (χ1) is 10.0. The minimum Gasteiger partial charge on any atom is -0.309 e. The zero-order chi connectivity index (χ0) is 14.9. The van der Waals surface area contributed by atoms with Crippen molar-refractivity contribution in [2.24, 2.45) is 0 Å². The molecule has 0 aliphatic heterocycles. The second kappa shape index (κ2) is 6.36. The van der Waals surface area contributed by atoms with Crippen molar-refractivity contribution in [3.05, 3.63) is 16.5 Å². The van der Waals surface area contributed by atoms with Crippen LogP contribution in [-0.4, -0.2) is 20.5 Å². The third-order valence-electron chi connectivity index (χ3n) is 4.32. The van der Waals surface area contributed by atoms with Gasteiger partial charge in [0.05, 0.1) is 0 Å². The fourth-order valence-corrected chi connectivity index (χ4v) is 5.68. The normalized spacial score (nSPS) is 20.8. The maximum atomic E-state index is 12.5. The van der Waals surface area contributed by atoms with Gasteiger partial charge in [-0.25, -0.2) is 13.1 Å². The van der Waals surface area contributed by atoms with Crippen LogP contribution in [0.15, 0.2) is 10.3 Å². The highest BCUT2D eigenvalue weighted by Crippen LogP contribution is 2.28. The van der Waals surface area contributed by atoms with Crippen LogP contribution in [0.2, 0.25) is 0 Å². The number of rotatable bonds is 6. The molecule has 2 N–H and O–H groups in total. The summed E-state index contributed by atoms with van der Waals surface area (Å²) in [7, 11) is -3.34. The van der Waals surface area contributed by atoms with E-state index in [1.165, 1.54) is 30.6 Å². The van der Waals surface area contributed by atoms with Crippen LogP contribution in [0.25, 0.3) is 0 Å². The topological polar surface area (TPSA) is 58.2 Å². The lowest BCUT2D eigenvalue weighted by Gasteiger charge is -2.22. The molecule has 3 rings (SSSR count). The van der Waals surface area contributed by atoms with E-state index in [2.05, 4.69) is 10.0 Å². The van der Waals surface area contributed by atoms with Crippen molar-refractivity contribution in [1.29, 1.82) is 0 Å². The molecule has 1 heterocycles. The zero-order valence-corrected chi connectivity index (χ0v) is 14.2. The van der Waals surface area contributed by atoms with E-state index >= 15 is 0 Å². The average Bonchev–Trinajstić information content (AvgIpc) is 3.20. The van der Waals surface area contributed by atoms with Crippen molar-refractivity contribution in [2.75, 3.05) is 0 Å². The summed E-state index contributed by atoms with van der Waals surface area (Å²) in [5, 5.41) is 3.46. The number of sulfonamides is 1. The van der Waals surface area contributed by atoms with E-state index in [1.54, 1.807) is 0 Å². The van der Waals surface area contributed by atoms with Crippen LogP contribution in [0.3, 0.4) is 0 Å². The van der Waals surface area contributed by atoms with Crippen molar-refractivity contribution >= 4 is 21.4 Å². The van der Waals surface area contributed by atoms with Crippen LogP contribution in [0, 0.1) is 6.92 Å². The highest BCUT2D eigenvalue weighted by atomic mass is 32.2. The van der Waals surface area contributed by atoms with Gasteiger partial charge in [-0.3, -0.25) is 0 Å². The Morgan fingerprint density at radius 2 is 1.86 bits per heavy atom. The van der Waals surface area contributed by atoms with Gasteiger partial charge in [-0.2, -0.15) is 0 Å². The van der Waals surface area contributed by atoms with Crippen LogP contribution in [-0.2, 0) is 16.6 Å². The molecule has 1 aromatic heterocycles. The lowest BCUT2D eigenvalue weighted by molar-refractivity contribution is 0.412. The lowest BCUT2D eigenvalue weighted by Crippen LogP contribution is -2.35. The number of nitrogens with one attached hydrogen (secondary N) is 2. The van der Waals surface area contributed by atoms with Gasteiger partial charge in [-0.15, -0.1) is 11.3 Å². The molecule has 6 heteroatoms. The van der Waals surface area contributed by atoms with E-state index in [0.717, 1.165) is 42.7 Å². The van der Waals surface area contributed by atoms with Gasteiger partial charge in [0.1, 0.15) is 4.21 Å². The molecule has 118 valence electrons. The Kier molecular flexibility index (Phi) is 4.69. The Morgan fingerprint density at radius 1 is 1.14 bits per heavy atom. The van der Waals surface area contributed by atoms with E-state index in [0.29, 0.717) is 10.3 Å². The average molecular weight is 329 g/mol. The number of thiophene rings is 1. The predicted octanol–water partition coefficient (Wildman–Crippen LogP) is 2.92. The number of aryl methyl sites for hydroxylation is 1. The van der Waals surface area contributed by atoms with E-state index in [9.17, 15) is 8.42 Å². The van der Waals surface area contributed by atoms with Crippen LogP contribution >= 0.6 is 11.3 Å². The van der Waals surface area contributed by atoms with Gasteiger partial charge in [0.2, 0.25) is 10.0 Å². The Balaban J connectivity index is 1.67. The van der Waals surface area contributed by atoms with E-state index < -0.39 is 10.0 Å². The molecule has 21 heavy (non-hydrogen) atoms. The Morgan fingerprint density at radius 3 is 2.52 bits per heavy atom. The van der Waals surface area contributed by atoms with Gasteiger partial charge in [0, 0.05) is 23.5 Å². The first-order valence-corrected chi connectivity index (χ1v) is 10.2. The van der Waals surface area contributed by atoms with Crippen LogP contribution in [0.4, 0.5) is 0 Å². The Bertz CT molecular complexity index is 585. The Hall–Kier alpha value is -0.430. The summed E-state index contributed by atoms with van der Waals surface area (Å²) in [5.41, 5.74) is 1.08. The summed E-state index contributed by atoms with van der Waals surface area (Å²) < 4.78 is 28.4. The van der Waals surface area contributed by atoms with E-state index in [1.807, 2.05) is 13.0 Å². The molecule has 0 saturated heterocycles. The van der Waals surface area contributed by atoms with Crippen molar-refractivity contribution in [3.63, 3.8) is 0 Å². The molecule has 2 fully saturated rings. The highest BCUT2D eigenvalue weighted by Gasteiger charge is 2.25. The van der Waals surface area contributed by atoms with E-state index in [4.69, 9.17) is 0 Å². The van der Waals surface area contributed by atoms with Crippen molar-refractivity contribution in [3.8, 4) is 0 Å².